The zero-order chi connectivity index (χ0) is 13.5. The zero-order valence-electron chi connectivity index (χ0n) is 10.4. The van der Waals surface area contributed by atoms with E-state index in [1.54, 1.807) is 24.6 Å². The molecule has 0 aliphatic rings. The summed E-state index contributed by atoms with van der Waals surface area (Å²) < 4.78 is 18.3. The average Bonchev–Trinajstić information content (AvgIpc) is 2.93. The molecule has 2 rings (SSSR count). The van der Waals surface area contributed by atoms with Crippen LogP contribution in [0.25, 0.3) is 0 Å². The standard InChI is InChI=1S/C14H14FN3O/c15-14-6-11(7-16)3-4-13(14)9-17-5-1-2-12-8-18-19-10-12/h3-4,6,8,10,17H,1-2,5,9H2. The second-order valence-electron chi connectivity index (χ2n) is 4.23. The van der Waals surface area contributed by atoms with Crippen molar-refractivity contribution in [3.05, 3.63) is 53.2 Å². The molecule has 0 saturated heterocycles. The van der Waals surface area contributed by atoms with Crippen molar-refractivity contribution in [3.8, 4) is 6.07 Å². The largest absolute Gasteiger partial charge is 0.364 e. The van der Waals surface area contributed by atoms with Crippen LogP contribution in [-0.2, 0) is 13.0 Å². The van der Waals surface area contributed by atoms with Gasteiger partial charge in [0.25, 0.3) is 0 Å². The molecule has 0 fully saturated rings. The lowest BCUT2D eigenvalue weighted by atomic mass is 10.1. The van der Waals surface area contributed by atoms with Crippen LogP contribution in [0.5, 0.6) is 0 Å². The molecule has 0 bridgehead atoms. The SMILES string of the molecule is N#Cc1ccc(CNCCCc2cnoc2)c(F)c1. The number of nitriles is 1. The Hall–Kier alpha value is -2.19. The molecule has 0 aliphatic carbocycles. The average molecular weight is 259 g/mol. The van der Waals surface area contributed by atoms with Gasteiger partial charge in [0.15, 0.2) is 0 Å². The van der Waals surface area contributed by atoms with E-state index in [2.05, 4.69) is 10.5 Å². The fraction of sp³-hybridized carbons (Fsp3) is 0.286. The second kappa shape index (κ2) is 6.66. The Morgan fingerprint density at radius 2 is 2.32 bits per heavy atom. The van der Waals surface area contributed by atoms with Gasteiger partial charge >= 0.3 is 0 Å². The summed E-state index contributed by atoms with van der Waals surface area (Å²) in [6.07, 6.45) is 5.13. The monoisotopic (exact) mass is 259 g/mol. The van der Waals surface area contributed by atoms with Crippen molar-refractivity contribution in [2.45, 2.75) is 19.4 Å². The molecule has 5 heteroatoms. The molecule has 0 spiro atoms. The first kappa shape index (κ1) is 13.2. The Labute approximate surface area is 110 Å². The molecule has 0 amide bonds. The molecule has 4 nitrogen and oxygen atoms in total. The van der Waals surface area contributed by atoms with Crippen LogP contribution in [0, 0.1) is 17.1 Å². The number of hydrogen-bond donors (Lipinski definition) is 1. The van der Waals surface area contributed by atoms with E-state index < -0.39 is 0 Å². The van der Waals surface area contributed by atoms with Gasteiger partial charge in [0.1, 0.15) is 12.1 Å². The summed E-state index contributed by atoms with van der Waals surface area (Å²) in [6.45, 7) is 1.24. The Morgan fingerprint density at radius 3 is 3.00 bits per heavy atom. The molecule has 1 N–H and O–H groups in total. The van der Waals surface area contributed by atoms with Gasteiger partial charge in [-0.1, -0.05) is 11.2 Å². The van der Waals surface area contributed by atoms with Crippen molar-refractivity contribution in [3.63, 3.8) is 0 Å². The fourth-order valence-corrected chi connectivity index (χ4v) is 1.75. The van der Waals surface area contributed by atoms with Crippen LogP contribution in [-0.4, -0.2) is 11.7 Å². The Morgan fingerprint density at radius 1 is 1.42 bits per heavy atom. The predicted molar refractivity (Wildman–Crippen MR) is 67.6 cm³/mol. The van der Waals surface area contributed by atoms with Crippen molar-refractivity contribution < 1.29 is 8.91 Å². The Kier molecular flexibility index (Phi) is 4.65. The van der Waals surface area contributed by atoms with Crippen LogP contribution < -0.4 is 5.32 Å². The summed E-state index contributed by atoms with van der Waals surface area (Å²) in [5, 5.41) is 15.4. The number of benzene rings is 1. The van der Waals surface area contributed by atoms with E-state index in [-0.39, 0.29) is 5.82 Å². The summed E-state index contributed by atoms with van der Waals surface area (Å²) in [7, 11) is 0. The Bertz CT molecular complexity index is 561. The zero-order valence-corrected chi connectivity index (χ0v) is 10.4. The minimum absolute atomic E-state index is 0.341. The molecule has 1 aromatic heterocycles. The third kappa shape index (κ3) is 3.90. The van der Waals surface area contributed by atoms with E-state index >= 15 is 0 Å². The van der Waals surface area contributed by atoms with Crippen LogP contribution >= 0.6 is 0 Å². The highest BCUT2D eigenvalue weighted by atomic mass is 19.1. The third-order valence-corrected chi connectivity index (χ3v) is 2.80. The van der Waals surface area contributed by atoms with Gasteiger partial charge < -0.3 is 9.84 Å². The molecule has 98 valence electrons. The van der Waals surface area contributed by atoms with E-state index in [1.807, 2.05) is 6.07 Å². The minimum Gasteiger partial charge on any atom is -0.364 e. The van der Waals surface area contributed by atoms with Crippen molar-refractivity contribution >= 4 is 0 Å². The maximum absolute atomic E-state index is 13.6. The van der Waals surface area contributed by atoms with E-state index in [9.17, 15) is 4.39 Å². The molecule has 1 heterocycles. The molecule has 0 unspecified atom stereocenters. The summed E-state index contributed by atoms with van der Waals surface area (Å²) in [4.78, 5) is 0. The molecule has 0 saturated carbocycles. The van der Waals surface area contributed by atoms with Crippen LogP contribution in [0.3, 0.4) is 0 Å². The van der Waals surface area contributed by atoms with Crippen LogP contribution in [0.4, 0.5) is 4.39 Å². The minimum atomic E-state index is -0.342. The summed E-state index contributed by atoms with van der Waals surface area (Å²) in [5.41, 5.74) is 1.98. The lowest BCUT2D eigenvalue weighted by Crippen LogP contribution is -2.16. The number of rotatable bonds is 6. The van der Waals surface area contributed by atoms with Crippen molar-refractivity contribution in [2.24, 2.45) is 0 Å². The number of halogens is 1. The molecule has 1 aromatic carbocycles. The van der Waals surface area contributed by atoms with Crippen LogP contribution in [0.1, 0.15) is 23.1 Å². The molecule has 0 atom stereocenters. The van der Waals surface area contributed by atoms with Gasteiger partial charge in [0.2, 0.25) is 0 Å². The number of hydrogen-bond acceptors (Lipinski definition) is 4. The van der Waals surface area contributed by atoms with Gasteiger partial charge in [-0.25, -0.2) is 4.39 Å². The highest BCUT2D eigenvalue weighted by Crippen LogP contribution is 2.09. The maximum Gasteiger partial charge on any atom is 0.129 e. The van der Waals surface area contributed by atoms with E-state index in [0.29, 0.717) is 17.7 Å². The first-order valence-electron chi connectivity index (χ1n) is 6.07. The van der Waals surface area contributed by atoms with Crippen LogP contribution in [0.2, 0.25) is 0 Å². The number of aryl methyl sites for hydroxylation is 1. The highest BCUT2D eigenvalue weighted by Gasteiger charge is 2.03. The molecule has 2 aromatic rings. The predicted octanol–water partition coefficient (Wildman–Crippen LogP) is 2.41. The molecule has 0 radical (unpaired) electrons. The van der Waals surface area contributed by atoms with Gasteiger partial charge in [-0.15, -0.1) is 0 Å². The first-order chi connectivity index (χ1) is 9.29. The van der Waals surface area contributed by atoms with Gasteiger partial charge in [-0.05, 0) is 31.5 Å². The summed E-state index contributed by atoms with van der Waals surface area (Å²) in [5.74, 6) is -0.342. The lowest BCUT2D eigenvalue weighted by Gasteiger charge is -2.05. The van der Waals surface area contributed by atoms with Crippen molar-refractivity contribution in [1.82, 2.24) is 10.5 Å². The molecular weight excluding hydrogens is 245 g/mol. The van der Waals surface area contributed by atoms with Crippen molar-refractivity contribution in [1.29, 1.82) is 5.26 Å². The van der Waals surface area contributed by atoms with Crippen molar-refractivity contribution in [2.75, 3.05) is 6.54 Å². The fourth-order valence-electron chi connectivity index (χ4n) is 1.75. The van der Waals surface area contributed by atoms with Gasteiger partial charge in [-0.2, -0.15) is 5.26 Å². The smallest absolute Gasteiger partial charge is 0.129 e. The van der Waals surface area contributed by atoms with Gasteiger partial charge in [-0.3, -0.25) is 0 Å². The highest BCUT2D eigenvalue weighted by molar-refractivity contribution is 5.32. The van der Waals surface area contributed by atoms with Crippen LogP contribution in [0.15, 0.2) is 35.2 Å². The van der Waals surface area contributed by atoms with Gasteiger partial charge in [0, 0.05) is 17.7 Å². The quantitative estimate of drug-likeness (QED) is 0.809. The third-order valence-electron chi connectivity index (χ3n) is 2.80. The number of aromatic nitrogens is 1. The lowest BCUT2D eigenvalue weighted by molar-refractivity contribution is 0.418. The summed E-state index contributed by atoms with van der Waals surface area (Å²) >= 11 is 0. The molecule has 19 heavy (non-hydrogen) atoms. The first-order valence-corrected chi connectivity index (χ1v) is 6.07. The number of nitrogens with one attached hydrogen (secondary N) is 1. The summed E-state index contributed by atoms with van der Waals surface area (Å²) in [6, 6.07) is 6.43. The number of nitrogens with zero attached hydrogens (tertiary/aromatic N) is 2. The molecule has 0 aliphatic heterocycles. The van der Waals surface area contributed by atoms with E-state index in [4.69, 9.17) is 9.78 Å². The topological polar surface area (TPSA) is 61.9 Å². The second-order valence-corrected chi connectivity index (χ2v) is 4.23. The molecular formula is C14H14FN3O. The van der Waals surface area contributed by atoms with E-state index in [0.717, 1.165) is 24.9 Å². The Balaban J connectivity index is 1.72. The van der Waals surface area contributed by atoms with Gasteiger partial charge in [0.05, 0.1) is 17.8 Å². The maximum atomic E-state index is 13.6. The normalized spacial score (nSPS) is 10.3. The van der Waals surface area contributed by atoms with E-state index in [1.165, 1.54) is 6.07 Å².